The highest BCUT2D eigenvalue weighted by molar-refractivity contribution is 5.67. The molecule has 0 spiro atoms. The summed E-state index contributed by atoms with van der Waals surface area (Å²) in [6, 6.07) is -0.242. The van der Waals surface area contributed by atoms with Crippen molar-refractivity contribution in [2.75, 3.05) is 0 Å². The molecule has 0 amide bonds. The molecule has 102 valence electrons. The van der Waals surface area contributed by atoms with E-state index >= 15 is 0 Å². The molecule has 0 radical (unpaired) electrons. The van der Waals surface area contributed by atoms with Crippen molar-refractivity contribution in [3.63, 3.8) is 0 Å². The van der Waals surface area contributed by atoms with Crippen molar-refractivity contribution in [1.82, 2.24) is 20.2 Å². The van der Waals surface area contributed by atoms with Crippen LogP contribution in [0.1, 0.15) is 65.2 Å². The van der Waals surface area contributed by atoms with Crippen LogP contribution in [-0.4, -0.2) is 31.3 Å². The molecule has 0 saturated heterocycles. The van der Waals surface area contributed by atoms with Gasteiger partial charge in [0.15, 0.2) is 5.82 Å². The molecule has 0 aromatic carbocycles. The first-order valence-corrected chi connectivity index (χ1v) is 6.27. The zero-order chi connectivity index (χ0) is 13.9. The molecule has 6 heteroatoms. The molecule has 2 unspecified atom stereocenters. The molecule has 18 heavy (non-hydrogen) atoms. The summed E-state index contributed by atoms with van der Waals surface area (Å²) in [5.74, 6) is 0.151. The van der Waals surface area contributed by atoms with Gasteiger partial charge in [0.2, 0.25) is 0 Å². The quantitative estimate of drug-likeness (QED) is 0.871. The second-order valence-electron chi connectivity index (χ2n) is 5.77. The highest BCUT2D eigenvalue weighted by Gasteiger charge is 2.32. The standard InChI is InChI=1S/C12H22N4O2/c1-6-8(2)11-13-14-15-16(11)9(7-10(17)18)12(3,4)5/h8-9H,6-7H2,1-5H3,(H,17,18). The number of carboxylic acids is 1. The van der Waals surface area contributed by atoms with Gasteiger partial charge < -0.3 is 5.11 Å². The second-order valence-corrected chi connectivity index (χ2v) is 5.77. The Morgan fingerprint density at radius 3 is 2.50 bits per heavy atom. The van der Waals surface area contributed by atoms with Crippen LogP contribution in [0.2, 0.25) is 0 Å². The van der Waals surface area contributed by atoms with Crippen molar-refractivity contribution < 1.29 is 9.90 Å². The van der Waals surface area contributed by atoms with E-state index in [1.807, 2.05) is 27.7 Å². The molecular formula is C12H22N4O2. The predicted octanol–water partition coefficient (Wildman–Crippen LogP) is 2.25. The fourth-order valence-electron chi connectivity index (χ4n) is 1.85. The molecule has 0 bridgehead atoms. The number of rotatable bonds is 5. The van der Waals surface area contributed by atoms with Crippen LogP contribution >= 0.6 is 0 Å². The number of carbonyl (C=O) groups is 1. The molecule has 2 atom stereocenters. The van der Waals surface area contributed by atoms with E-state index in [-0.39, 0.29) is 23.8 Å². The molecule has 1 rings (SSSR count). The summed E-state index contributed by atoms with van der Waals surface area (Å²) in [5, 5.41) is 20.8. The summed E-state index contributed by atoms with van der Waals surface area (Å²) < 4.78 is 1.68. The van der Waals surface area contributed by atoms with Crippen LogP contribution in [0.3, 0.4) is 0 Å². The number of tetrazole rings is 1. The lowest BCUT2D eigenvalue weighted by Gasteiger charge is -2.30. The Morgan fingerprint density at radius 1 is 1.44 bits per heavy atom. The van der Waals surface area contributed by atoms with Gasteiger partial charge in [-0.1, -0.05) is 34.6 Å². The fraction of sp³-hybridized carbons (Fsp3) is 0.833. The number of carboxylic acid groups (broad SMARTS) is 1. The van der Waals surface area contributed by atoms with Crippen molar-refractivity contribution >= 4 is 5.97 Å². The summed E-state index contributed by atoms with van der Waals surface area (Å²) >= 11 is 0. The van der Waals surface area contributed by atoms with E-state index in [4.69, 9.17) is 5.11 Å². The number of aromatic nitrogens is 4. The van der Waals surface area contributed by atoms with Crippen LogP contribution in [-0.2, 0) is 4.79 Å². The van der Waals surface area contributed by atoms with Crippen molar-refractivity contribution in [3.05, 3.63) is 5.82 Å². The van der Waals surface area contributed by atoms with Crippen LogP contribution in [0.5, 0.6) is 0 Å². The van der Waals surface area contributed by atoms with Crippen LogP contribution in [0.4, 0.5) is 0 Å². The van der Waals surface area contributed by atoms with Gasteiger partial charge in [0.25, 0.3) is 0 Å². The minimum Gasteiger partial charge on any atom is -0.481 e. The van der Waals surface area contributed by atoms with Gasteiger partial charge in [-0.25, -0.2) is 4.68 Å². The Kier molecular flexibility index (Phi) is 4.43. The third-order valence-corrected chi connectivity index (χ3v) is 3.23. The number of hydrogen-bond acceptors (Lipinski definition) is 4. The summed E-state index contributed by atoms with van der Waals surface area (Å²) in [6.07, 6.45) is 0.947. The zero-order valence-electron chi connectivity index (χ0n) is 11.7. The summed E-state index contributed by atoms with van der Waals surface area (Å²) in [5.41, 5.74) is -0.212. The maximum absolute atomic E-state index is 11.0. The third-order valence-electron chi connectivity index (χ3n) is 3.23. The largest absolute Gasteiger partial charge is 0.481 e. The van der Waals surface area contributed by atoms with Crippen LogP contribution in [0.25, 0.3) is 0 Å². The van der Waals surface area contributed by atoms with Crippen LogP contribution in [0.15, 0.2) is 0 Å². The van der Waals surface area contributed by atoms with Crippen LogP contribution < -0.4 is 0 Å². The van der Waals surface area contributed by atoms with Crippen molar-refractivity contribution in [2.24, 2.45) is 5.41 Å². The summed E-state index contributed by atoms with van der Waals surface area (Å²) in [4.78, 5) is 11.0. The van der Waals surface area contributed by atoms with E-state index in [9.17, 15) is 4.79 Å². The first-order chi connectivity index (χ1) is 8.27. The van der Waals surface area contributed by atoms with E-state index in [0.717, 1.165) is 12.2 Å². The topological polar surface area (TPSA) is 80.9 Å². The minimum atomic E-state index is -0.833. The van der Waals surface area contributed by atoms with Gasteiger partial charge in [-0.2, -0.15) is 0 Å². The van der Waals surface area contributed by atoms with Gasteiger partial charge in [0, 0.05) is 5.92 Å². The average Bonchev–Trinajstić information content (AvgIpc) is 2.71. The van der Waals surface area contributed by atoms with Crippen molar-refractivity contribution in [3.8, 4) is 0 Å². The Balaban J connectivity index is 3.14. The summed E-state index contributed by atoms with van der Waals surface area (Å²) in [6.45, 7) is 10.1. The Labute approximate surface area is 107 Å². The molecule has 1 aromatic heterocycles. The van der Waals surface area contributed by atoms with E-state index in [0.29, 0.717) is 0 Å². The molecule has 0 aliphatic rings. The van der Waals surface area contributed by atoms with Gasteiger partial charge in [-0.15, -0.1) is 5.10 Å². The number of nitrogens with zero attached hydrogens (tertiary/aromatic N) is 4. The maximum Gasteiger partial charge on any atom is 0.305 e. The molecule has 0 aliphatic heterocycles. The zero-order valence-corrected chi connectivity index (χ0v) is 11.7. The maximum atomic E-state index is 11.0. The third kappa shape index (κ3) is 3.27. The first-order valence-electron chi connectivity index (χ1n) is 6.27. The van der Waals surface area contributed by atoms with Crippen molar-refractivity contribution in [1.29, 1.82) is 0 Å². The Bertz CT molecular complexity index is 408. The highest BCUT2D eigenvalue weighted by atomic mass is 16.4. The fourth-order valence-corrected chi connectivity index (χ4v) is 1.85. The lowest BCUT2D eigenvalue weighted by Crippen LogP contribution is -2.29. The molecule has 0 saturated carbocycles. The molecule has 1 aromatic rings. The predicted molar refractivity (Wildman–Crippen MR) is 67.3 cm³/mol. The lowest BCUT2D eigenvalue weighted by atomic mass is 9.84. The van der Waals surface area contributed by atoms with E-state index in [1.54, 1.807) is 4.68 Å². The van der Waals surface area contributed by atoms with E-state index in [2.05, 4.69) is 22.4 Å². The second kappa shape index (κ2) is 5.46. The molecule has 1 N–H and O–H groups in total. The Morgan fingerprint density at radius 2 is 2.06 bits per heavy atom. The normalized spacial score (nSPS) is 15.4. The minimum absolute atomic E-state index is 0.0258. The van der Waals surface area contributed by atoms with E-state index in [1.165, 1.54) is 0 Å². The highest BCUT2D eigenvalue weighted by Crippen LogP contribution is 2.34. The van der Waals surface area contributed by atoms with Gasteiger partial charge >= 0.3 is 5.97 Å². The average molecular weight is 254 g/mol. The van der Waals surface area contributed by atoms with Gasteiger partial charge in [-0.3, -0.25) is 4.79 Å². The number of aliphatic carboxylic acids is 1. The van der Waals surface area contributed by atoms with Gasteiger partial charge in [0.05, 0.1) is 12.5 Å². The van der Waals surface area contributed by atoms with Crippen LogP contribution in [0, 0.1) is 5.41 Å². The molecule has 0 fully saturated rings. The van der Waals surface area contributed by atoms with Crippen molar-refractivity contribution in [2.45, 2.75) is 59.4 Å². The van der Waals surface area contributed by atoms with Gasteiger partial charge in [0.1, 0.15) is 0 Å². The SMILES string of the molecule is CCC(C)c1nnnn1C(CC(=O)O)C(C)(C)C. The molecule has 6 nitrogen and oxygen atoms in total. The van der Waals surface area contributed by atoms with E-state index < -0.39 is 5.97 Å². The lowest BCUT2D eigenvalue weighted by molar-refractivity contribution is -0.138. The summed E-state index contributed by atoms with van der Waals surface area (Å²) in [7, 11) is 0. The van der Waals surface area contributed by atoms with Gasteiger partial charge in [-0.05, 0) is 22.3 Å². The smallest absolute Gasteiger partial charge is 0.305 e. The monoisotopic (exact) mass is 254 g/mol. The molecular weight excluding hydrogens is 232 g/mol. The number of hydrogen-bond donors (Lipinski definition) is 1. The molecule has 0 aliphatic carbocycles. The molecule has 1 heterocycles. The first kappa shape index (κ1) is 14.6. The Hall–Kier alpha value is -1.46.